The van der Waals surface area contributed by atoms with Crippen LogP contribution in [0.15, 0.2) is 24.3 Å². The number of pyridine rings is 1. The number of benzene rings is 1. The first-order chi connectivity index (χ1) is 15.2. The molecule has 1 aliphatic rings. The van der Waals surface area contributed by atoms with Crippen molar-refractivity contribution in [2.75, 3.05) is 24.9 Å². The summed E-state index contributed by atoms with van der Waals surface area (Å²) in [5.41, 5.74) is 5.80. The van der Waals surface area contributed by atoms with E-state index in [1.54, 1.807) is 25.1 Å². The zero-order valence-corrected chi connectivity index (χ0v) is 17.9. The van der Waals surface area contributed by atoms with Crippen molar-refractivity contribution in [2.24, 2.45) is 11.7 Å². The number of carbonyl (C=O) groups excluding carboxylic acids is 1. The normalized spacial score (nSPS) is 14.8. The van der Waals surface area contributed by atoms with Crippen LogP contribution in [0.1, 0.15) is 30.1 Å². The van der Waals surface area contributed by atoms with E-state index in [-0.39, 0.29) is 29.2 Å². The highest BCUT2D eigenvalue weighted by molar-refractivity contribution is 5.98. The smallest absolute Gasteiger partial charge is 0.404 e. The lowest BCUT2D eigenvalue weighted by Crippen LogP contribution is -2.45. The molecule has 6 N–H and O–H groups in total. The lowest BCUT2D eigenvalue weighted by Gasteiger charge is -2.26. The molecule has 1 saturated carbocycles. The second-order valence-corrected chi connectivity index (χ2v) is 7.52. The first kappa shape index (κ1) is 22.9. The molecule has 2 atom stereocenters. The lowest BCUT2D eigenvalue weighted by molar-refractivity contribution is 0.1000. The van der Waals surface area contributed by atoms with Crippen LogP contribution < -0.4 is 31.2 Å². The Morgan fingerprint density at radius 2 is 1.88 bits per heavy atom. The van der Waals surface area contributed by atoms with E-state index in [9.17, 15) is 14.0 Å². The number of amides is 2. The Balaban J connectivity index is 1.93. The van der Waals surface area contributed by atoms with Crippen molar-refractivity contribution in [3.8, 4) is 11.5 Å². The van der Waals surface area contributed by atoms with E-state index in [0.29, 0.717) is 17.2 Å². The van der Waals surface area contributed by atoms with Crippen molar-refractivity contribution in [3.63, 3.8) is 0 Å². The van der Waals surface area contributed by atoms with Crippen LogP contribution in [-0.4, -0.2) is 48.4 Å². The predicted octanol–water partition coefficient (Wildman–Crippen LogP) is 2.93. The second kappa shape index (κ2) is 9.58. The molecule has 0 radical (unpaired) electrons. The van der Waals surface area contributed by atoms with Gasteiger partial charge in [0.2, 0.25) is 0 Å². The number of nitrogens with one attached hydrogen (secondary N) is 3. The van der Waals surface area contributed by atoms with Crippen LogP contribution in [0.3, 0.4) is 0 Å². The van der Waals surface area contributed by atoms with Gasteiger partial charge in [0.15, 0.2) is 23.1 Å². The molecule has 3 rings (SSSR count). The average Bonchev–Trinajstić information content (AvgIpc) is 3.57. The van der Waals surface area contributed by atoms with Gasteiger partial charge in [-0.15, -0.1) is 0 Å². The Bertz CT molecular complexity index is 1010. The van der Waals surface area contributed by atoms with Gasteiger partial charge in [-0.05, 0) is 43.9 Å². The summed E-state index contributed by atoms with van der Waals surface area (Å²) in [5, 5.41) is 17.4. The molecule has 0 bridgehead atoms. The molecule has 2 aromatic rings. The Hall–Kier alpha value is -3.76. The van der Waals surface area contributed by atoms with Gasteiger partial charge in [-0.1, -0.05) is 0 Å². The summed E-state index contributed by atoms with van der Waals surface area (Å²) in [7, 11) is 2.99. The van der Waals surface area contributed by atoms with Crippen LogP contribution in [0.5, 0.6) is 11.5 Å². The molecule has 0 aliphatic heterocycles. The van der Waals surface area contributed by atoms with Crippen molar-refractivity contribution in [1.82, 2.24) is 10.3 Å². The number of ether oxygens (including phenoxy) is 2. The van der Waals surface area contributed by atoms with Crippen LogP contribution in [0.4, 0.5) is 26.5 Å². The molecule has 1 aromatic carbocycles. The van der Waals surface area contributed by atoms with E-state index in [0.717, 1.165) is 18.9 Å². The summed E-state index contributed by atoms with van der Waals surface area (Å²) in [6.45, 7) is 1.70. The van der Waals surface area contributed by atoms with E-state index in [1.165, 1.54) is 14.2 Å². The van der Waals surface area contributed by atoms with Gasteiger partial charge < -0.3 is 36.3 Å². The zero-order valence-electron chi connectivity index (χ0n) is 17.9. The number of hydrogen-bond acceptors (Lipinski definition) is 7. The summed E-state index contributed by atoms with van der Waals surface area (Å²) < 4.78 is 25.3. The molecule has 0 spiro atoms. The number of primary amides is 1. The second-order valence-electron chi connectivity index (χ2n) is 7.52. The van der Waals surface area contributed by atoms with E-state index >= 15 is 0 Å². The molecule has 172 valence electrons. The Labute approximate surface area is 184 Å². The molecule has 10 nitrogen and oxygen atoms in total. The molecule has 1 aromatic heterocycles. The Kier molecular flexibility index (Phi) is 6.86. The van der Waals surface area contributed by atoms with E-state index in [1.807, 2.05) is 0 Å². The average molecular weight is 447 g/mol. The van der Waals surface area contributed by atoms with Gasteiger partial charge in [-0.2, -0.15) is 0 Å². The number of anilines is 3. The number of aromatic nitrogens is 1. The standard InChI is InChI=1S/C21H26FN5O5/c1-10(24-21(29)30)17(11-4-5-11)26-20-14(22)9-13(18(23)28)19(27-20)25-12-6-7-15(31-2)16(8-12)32-3/h6-11,17,24H,4-5H2,1-3H3,(H2,23,28)(H,29,30)(H2,25,26,27)/t10-,17+/m0/s1. The highest BCUT2D eigenvalue weighted by Gasteiger charge is 2.36. The molecule has 1 fully saturated rings. The van der Waals surface area contributed by atoms with Gasteiger partial charge in [0.05, 0.1) is 25.8 Å². The van der Waals surface area contributed by atoms with Crippen molar-refractivity contribution < 1.29 is 28.6 Å². The van der Waals surface area contributed by atoms with Crippen molar-refractivity contribution in [1.29, 1.82) is 0 Å². The number of carbonyl (C=O) groups is 2. The monoisotopic (exact) mass is 447 g/mol. The highest BCUT2D eigenvalue weighted by Crippen LogP contribution is 2.37. The topological polar surface area (TPSA) is 148 Å². The zero-order chi connectivity index (χ0) is 23.4. The highest BCUT2D eigenvalue weighted by atomic mass is 19.1. The maximum atomic E-state index is 14.8. The summed E-state index contributed by atoms with van der Waals surface area (Å²) in [4.78, 5) is 27.2. The van der Waals surface area contributed by atoms with Crippen LogP contribution in [-0.2, 0) is 0 Å². The summed E-state index contributed by atoms with van der Waals surface area (Å²) >= 11 is 0. The molecule has 2 amide bonds. The van der Waals surface area contributed by atoms with Crippen LogP contribution in [0, 0.1) is 11.7 Å². The minimum absolute atomic E-state index is 0.0435. The number of nitrogens with two attached hydrogens (primary N) is 1. The van der Waals surface area contributed by atoms with Gasteiger partial charge in [-0.3, -0.25) is 4.79 Å². The van der Waals surface area contributed by atoms with Crippen molar-refractivity contribution in [3.05, 3.63) is 35.6 Å². The fourth-order valence-electron chi connectivity index (χ4n) is 3.47. The molecular formula is C21H26FN5O5. The minimum atomic E-state index is -1.17. The van der Waals surface area contributed by atoms with E-state index in [2.05, 4.69) is 20.9 Å². The minimum Gasteiger partial charge on any atom is -0.493 e. The Morgan fingerprint density at radius 1 is 1.19 bits per heavy atom. The van der Waals surface area contributed by atoms with Gasteiger partial charge in [0.25, 0.3) is 5.91 Å². The maximum absolute atomic E-state index is 14.8. The Morgan fingerprint density at radius 3 is 2.44 bits per heavy atom. The maximum Gasteiger partial charge on any atom is 0.404 e. The number of carboxylic acid groups (broad SMARTS) is 1. The summed E-state index contributed by atoms with van der Waals surface area (Å²) in [5.74, 6) is -0.571. The predicted molar refractivity (Wildman–Crippen MR) is 116 cm³/mol. The van der Waals surface area contributed by atoms with Crippen LogP contribution >= 0.6 is 0 Å². The fourth-order valence-corrected chi connectivity index (χ4v) is 3.47. The number of nitrogens with zero attached hydrogens (tertiary/aromatic N) is 1. The SMILES string of the molecule is COc1ccc(Nc2nc(N[C@@H](C3CC3)[C@H](C)NC(=O)O)c(F)cc2C(N)=O)cc1OC. The quantitative estimate of drug-likeness (QED) is 0.373. The molecule has 1 aliphatic carbocycles. The van der Waals surface area contributed by atoms with E-state index in [4.69, 9.17) is 20.3 Å². The first-order valence-electron chi connectivity index (χ1n) is 9.98. The third-order valence-electron chi connectivity index (χ3n) is 5.21. The summed E-state index contributed by atoms with van der Waals surface area (Å²) in [6, 6.07) is 5.11. The van der Waals surface area contributed by atoms with E-state index < -0.39 is 23.9 Å². The van der Waals surface area contributed by atoms with Gasteiger partial charge in [-0.25, -0.2) is 14.2 Å². The molecular weight excluding hydrogens is 421 g/mol. The third-order valence-corrected chi connectivity index (χ3v) is 5.21. The van der Waals surface area contributed by atoms with Gasteiger partial charge in [0.1, 0.15) is 5.82 Å². The number of rotatable bonds is 10. The number of hydrogen-bond donors (Lipinski definition) is 5. The van der Waals surface area contributed by atoms with Gasteiger partial charge >= 0.3 is 6.09 Å². The van der Waals surface area contributed by atoms with Crippen LogP contribution in [0.2, 0.25) is 0 Å². The number of halogens is 1. The largest absolute Gasteiger partial charge is 0.493 e. The van der Waals surface area contributed by atoms with Gasteiger partial charge in [0, 0.05) is 17.8 Å². The van der Waals surface area contributed by atoms with Crippen molar-refractivity contribution in [2.45, 2.75) is 31.8 Å². The fraction of sp³-hybridized carbons (Fsp3) is 0.381. The first-order valence-corrected chi connectivity index (χ1v) is 9.98. The summed E-state index contributed by atoms with van der Waals surface area (Å²) in [6.07, 6.45) is 0.612. The molecule has 11 heteroatoms. The third kappa shape index (κ3) is 5.29. The van der Waals surface area contributed by atoms with Crippen LogP contribution in [0.25, 0.3) is 0 Å². The molecule has 1 heterocycles. The lowest BCUT2D eigenvalue weighted by atomic mass is 10.0. The molecule has 32 heavy (non-hydrogen) atoms. The van der Waals surface area contributed by atoms with Crippen molar-refractivity contribution >= 4 is 29.3 Å². The molecule has 0 saturated heterocycles. The number of methoxy groups -OCH3 is 2. The molecule has 0 unspecified atom stereocenters.